The molecule has 11 heavy (non-hydrogen) atoms. The topological polar surface area (TPSA) is 88.1 Å². The van der Waals surface area contributed by atoms with Gasteiger partial charge in [0.1, 0.15) is 12.7 Å². The molecule has 0 aromatic heterocycles. The number of carbonyl (C=O) groups excluding carboxylic acids is 1. The van der Waals surface area contributed by atoms with Gasteiger partial charge in [-0.2, -0.15) is 5.26 Å². The van der Waals surface area contributed by atoms with Gasteiger partial charge in [0, 0.05) is 0 Å². The summed E-state index contributed by atoms with van der Waals surface area (Å²) in [5.74, 6) is -0.572. The highest BCUT2D eigenvalue weighted by molar-refractivity contribution is 5.96. The van der Waals surface area contributed by atoms with E-state index in [1.54, 1.807) is 6.07 Å². The van der Waals surface area contributed by atoms with Crippen LogP contribution in [0, 0.1) is 11.3 Å². The van der Waals surface area contributed by atoms with E-state index >= 15 is 0 Å². The van der Waals surface area contributed by atoms with Crippen LogP contribution in [0.15, 0.2) is 11.5 Å². The van der Waals surface area contributed by atoms with Gasteiger partial charge < -0.3 is 15.8 Å². The molecule has 3 N–H and O–H groups in total. The van der Waals surface area contributed by atoms with Crippen LogP contribution < -0.4 is 11.1 Å². The lowest BCUT2D eigenvalue weighted by molar-refractivity contribution is -0.114. The Kier molecular flexibility index (Phi) is 1.97. The highest BCUT2D eigenvalue weighted by Gasteiger charge is 2.16. The third-order valence-corrected chi connectivity index (χ3v) is 1.22. The van der Waals surface area contributed by atoms with Crippen molar-refractivity contribution in [3.63, 3.8) is 0 Å². The van der Waals surface area contributed by atoms with Crippen molar-refractivity contribution in [1.29, 1.82) is 5.26 Å². The highest BCUT2D eigenvalue weighted by Crippen LogP contribution is 2.05. The number of nitriles is 1. The number of primary amides is 1. The van der Waals surface area contributed by atoms with Crippen molar-refractivity contribution in [3.05, 3.63) is 11.5 Å². The lowest BCUT2D eigenvalue weighted by atomic mass is 10.3. The molecule has 0 aromatic rings. The maximum absolute atomic E-state index is 10.5. The fourth-order valence-corrected chi connectivity index (χ4v) is 0.747. The monoisotopic (exact) mass is 153 g/mol. The van der Waals surface area contributed by atoms with Crippen molar-refractivity contribution < 1.29 is 9.53 Å². The minimum Gasteiger partial charge on any atom is -0.476 e. The Morgan fingerprint density at radius 2 is 2.55 bits per heavy atom. The molecule has 58 valence electrons. The number of ether oxygens (including phenoxy) is 1. The van der Waals surface area contributed by atoms with Crippen molar-refractivity contribution >= 4 is 5.91 Å². The third kappa shape index (κ3) is 1.41. The van der Waals surface area contributed by atoms with Gasteiger partial charge in [-0.1, -0.05) is 0 Å². The summed E-state index contributed by atoms with van der Waals surface area (Å²) < 4.78 is 4.91. The Balaban J connectivity index is 2.90. The van der Waals surface area contributed by atoms with E-state index in [1.807, 2.05) is 0 Å². The minimum atomic E-state index is -0.767. The Bertz CT molecular complexity index is 243. The third-order valence-electron chi connectivity index (χ3n) is 1.22. The maximum Gasteiger partial charge on any atom is 0.264 e. The van der Waals surface area contributed by atoms with E-state index in [4.69, 9.17) is 15.7 Å². The van der Waals surface area contributed by atoms with E-state index in [2.05, 4.69) is 5.32 Å². The number of amides is 1. The largest absolute Gasteiger partial charge is 0.476 e. The van der Waals surface area contributed by atoms with Crippen LogP contribution >= 0.6 is 0 Å². The molecule has 1 amide bonds. The predicted molar refractivity (Wildman–Crippen MR) is 35.8 cm³/mol. The molecule has 0 spiro atoms. The summed E-state index contributed by atoms with van der Waals surface area (Å²) in [6, 6.07) is 1.66. The molecule has 5 nitrogen and oxygen atoms in total. The summed E-state index contributed by atoms with van der Waals surface area (Å²) in [6.45, 7) is 1.07. The number of nitrogens with one attached hydrogen (secondary N) is 1. The molecule has 1 rings (SSSR count). The Morgan fingerprint density at radius 1 is 1.82 bits per heavy atom. The van der Waals surface area contributed by atoms with E-state index in [-0.39, 0.29) is 11.5 Å². The van der Waals surface area contributed by atoms with Gasteiger partial charge in [-0.25, -0.2) is 0 Å². The van der Waals surface area contributed by atoms with Crippen molar-refractivity contribution in [2.24, 2.45) is 5.73 Å². The SMILES string of the molecule is N#C/C(C(N)=O)=C1/NCCO1. The average molecular weight is 153 g/mol. The molecular formula is C6H7N3O2. The second kappa shape index (κ2) is 2.92. The predicted octanol–water partition coefficient (Wildman–Crippen LogP) is -1.17. The molecule has 0 atom stereocenters. The van der Waals surface area contributed by atoms with Gasteiger partial charge in [0.25, 0.3) is 5.91 Å². The molecule has 1 aliphatic heterocycles. The molecule has 0 saturated carbocycles. The first-order valence-corrected chi connectivity index (χ1v) is 3.06. The Labute approximate surface area is 63.4 Å². The number of nitrogens with two attached hydrogens (primary N) is 1. The van der Waals surface area contributed by atoms with Crippen molar-refractivity contribution in [3.8, 4) is 6.07 Å². The van der Waals surface area contributed by atoms with Crippen LogP contribution in [-0.2, 0) is 9.53 Å². The lowest BCUT2D eigenvalue weighted by Crippen LogP contribution is -2.18. The van der Waals surface area contributed by atoms with E-state index in [0.29, 0.717) is 13.2 Å². The van der Waals surface area contributed by atoms with Gasteiger partial charge in [-0.05, 0) is 0 Å². The summed E-state index contributed by atoms with van der Waals surface area (Å²) in [5.41, 5.74) is 4.74. The van der Waals surface area contributed by atoms with Crippen molar-refractivity contribution in [1.82, 2.24) is 5.32 Å². The molecule has 1 saturated heterocycles. The standard InChI is InChI=1S/C6H7N3O2/c7-3-4(5(8)10)6-9-1-2-11-6/h9H,1-2H2,(H2,8,10)/b6-4+. The molecule has 0 aliphatic carbocycles. The van der Waals surface area contributed by atoms with Crippen LogP contribution in [0.3, 0.4) is 0 Å². The van der Waals surface area contributed by atoms with Crippen molar-refractivity contribution in [2.75, 3.05) is 13.2 Å². The van der Waals surface area contributed by atoms with Crippen LogP contribution in [0.25, 0.3) is 0 Å². The minimum absolute atomic E-state index is 0.150. The van der Waals surface area contributed by atoms with Gasteiger partial charge >= 0.3 is 0 Å². The molecule has 1 aliphatic rings. The van der Waals surface area contributed by atoms with Gasteiger partial charge in [-0.15, -0.1) is 0 Å². The number of carbonyl (C=O) groups is 1. The first-order valence-electron chi connectivity index (χ1n) is 3.06. The van der Waals surface area contributed by atoms with Crippen LogP contribution in [0.1, 0.15) is 0 Å². The van der Waals surface area contributed by atoms with E-state index in [1.165, 1.54) is 0 Å². The zero-order chi connectivity index (χ0) is 8.27. The molecule has 0 aromatic carbocycles. The molecule has 5 heteroatoms. The molecular weight excluding hydrogens is 146 g/mol. The zero-order valence-corrected chi connectivity index (χ0v) is 5.76. The summed E-state index contributed by atoms with van der Waals surface area (Å²) in [4.78, 5) is 10.5. The molecule has 1 fully saturated rings. The number of nitrogens with zero attached hydrogens (tertiary/aromatic N) is 1. The average Bonchev–Trinajstić information content (AvgIpc) is 2.40. The summed E-state index contributed by atoms with van der Waals surface area (Å²) >= 11 is 0. The number of hydrogen-bond donors (Lipinski definition) is 2. The highest BCUT2D eigenvalue weighted by atomic mass is 16.5. The summed E-state index contributed by atoms with van der Waals surface area (Å²) in [6.07, 6.45) is 0. The van der Waals surface area contributed by atoms with Crippen LogP contribution in [-0.4, -0.2) is 19.1 Å². The lowest BCUT2D eigenvalue weighted by Gasteiger charge is -1.98. The fourth-order valence-electron chi connectivity index (χ4n) is 0.747. The van der Waals surface area contributed by atoms with Crippen LogP contribution in [0.4, 0.5) is 0 Å². The molecule has 0 radical (unpaired) electrons. The molecule has 1 heterocycles. The Morgan fingerprint density at radius 3 is 2.91 bits per heavy atom. The first-order chi connectivity index (χ1) is 5.25. The van der Waals surface area contributed by atoms with Gasteiger partial charge in [0.05, 0.1) is 6.54 Å². The number of rotatable bonds is 1. The van der Waals surface area contributed by atoms with Gasteiger partial charge in [0.2, 0.25) is 5.88 Å². The summed E-state index contributed by atoms with van der Waals surface area (Å²) in [7, 11) is 0. The quantitative estimate of drug-likeness (QED) is 0.367. The van der Waals surface area contributed by atoms with Gasteiger partial charge in [0.15, 0.2) is 5.57 Å². The maximum atomic E-state index is 10.5. The first kappa shape index (κ1) is 7.41. The van der Waals surface area contributed by atoms with Gasteiger partial charge in [-0.3, -0.25) is 4.79 Å². The van der Waals surface area contributed by atoms with Crippen LogP contribution in [0.2, 0.25) is 0 Å². The van der Waals surface area contributed by atoms with E-state index < -0.39 is 5.91 Å². The second-order valence-electron chi connectivity index (χ2n) is 1.96. The van der Waals surface area contributed by atoms with E-state index in [9.17, 15) is 4.79 Å². The normalized spacial score (nSPS) is 19.5. The molecule has 0 bridgehead atoms. The fraction of sp³-hybridized carbons (Fsp3) is 0.333. The smallest absolute Gasteiger partial charge is 0.264 e. The van der Waals surface area contributed by atoms with Crippen LogP contribution in [0.5, 0.6) is 0 Å². The second-order valence-corrected chi connectivity index (χ2v) is 1.96. The zero-order valence-electron chi connectivity index (χ0n) is 5.76. The Hall–Kier alpha value is -1.70. The summed E-state index contributed by atoms with van der Waals surface area (Å²) in [5, 5.41) is 11.2. The van der Waals surface area contributed by atoms with Crippen molar-refractivity contribution in [2.45, 2.75) is 0 Å². The van der Waals surface area contributed by atoms with E-state index in [0.717, 1.165) is 0 Å². The number of hydrogen-bond acceptors (Lipinski definition) is 4. The molecule has 0 unspecified atom stereocenters.